The summed E-state index contributed by atoms with van der Waals surface area (Å²) in [7, 11) is 0. The van der Waals surface area contributed by atoms with Crippen LogP contribution in [-0.2, 0) is 0 Å². The van der Waals surface area contributed by atoms with E-state index in [-0.39, 0.29) is 0 Å². The Morgan fingerprint density at radius 3 is 2.80 bits per heavy atom. The first kappa shape index (κ1) is 9.40. The molecule has 0 amide bonds. The fourth-order valence-corrected chi connectivity index (χ4v) is 1.28. The minimum Gasteiger partial charge on any atom is -0.351 e. The van der Waals surface area contributed by atoms with Crippen LogP contribution in [-0.4, -0.2) is 16.3 Å². The second kappa shape index (κ2) is 4.37. The third-order valence-corrected chi connectivity index (χ3v) is 2.01. The molecule has 2 aromatic rings. The molecule has 0 unspecified atom stereocenters. The molecule has 1 aromatic carbocycles. The standard InChI is InChI=1S/C12H10N2O/c15-8-11-3-1-2-10(6-11)4-5-12-7-13-9-14-12/h1-9H,(H,13,14)/b5-4+. The lowest BCUT2D eigenvalue weighted by molar-refractivity contribution is 0.112. The van der Waals surface area contributed by atoms with Crippen molar-refractivity contribution in [1.82, 2.24) is 9.97 Å². The molecule has 15 heavy (non-hydrogen) atoms. The molecule has 0 aliphatic rings. The smallest absolute Gasteiger partial charge is 0.150 e. The maximum atomic E-state index is 10.6. The van der Waals surface area contributed by atoms with Gasteiger partial charge in [-0.1, -0.05) is 24.3 Å². The fraction of sp³-hybridized carbons (Fsp3) is 0. The molecule has 1 aromatic heterocycles. The number of H-pyrrole nitrogens is 1. The number of nitrogens with one attached hydrogen (secondary N) is 1. The molecule has 0 saturated carbocycles. The van der Waals surface area contributed by atoms with Crippen LogP contribution >= 0.6 is 0 Å². The molecule has 1 heterocycles. The maximum Gasteiger partial charge on any atom is 0.150 e. The molecular formula is C12H10N2O. The second-order valence-corrected chi connectivity index (χ2v) is 3.12. The van der Waals surface area contributed by atoms with E-state index in [0.717, 1.165) is 17.5 Å². The number of benzene rings is 1. The number of nitrogens with zero attached hydrogens (tertiary/aromatic N) is 1. The second-order valence-electron chi connectivity index (χ2n) is 3.12. The lowest BCUT2D eigenvalue weighted by Gasteiger charge is -1.93. The molecule has 0 aliphatic carbocycles. The van der Waals surface area contributed by atoms with Crippen molar-refractivity contribution in [3.05, 3.63) is 53.6 Å². The van der Waals surface area contributed by atoms with Gasteiger partial charge in [0.1, 0.15) is 6.29 Å². The van der Waals surface area contributed by atoms with Crippen molar-refractivity contribution >= 4 is 18.4 Å². The predicted octanol–water partition coefficient (Wildman–Crippen LogP) is 2.39. The molecule has 3 heteroatoms. The van der Waals surface area contributed by atoms with Crippen LogP contribution in [0.3, 0.4) is 0 Å². The van der Waals surface area contributed by atoms with E-state index in [1.165, 1.54) is 0 Å². The largest absolute Gasteiger partial charge is 0.351 e. The van der Waals surface area contributed by atoms with E-state index in [1.807, 2.05) is 30.4 Å². The van der Waals surface area contributed by atoms with Crippen molar-refractivity contribution in [2.75, 3.05) is 0 Å². The highest BCUT2D eigenvalue weighted by Crippen LogP contribution is 2.07. The van der Waals surface area contributed by atoms with E-state index in [0.29, 0.717) is 5.56 Å². The highest BCUT2D eigenvalue weighted by molar-refractivity contribution is 5.77. The van der Waals surface area contributed by atoms with Crippen molar-refractivity contribution < 1.29 is 4.79 Å². The van der Waals surface area contributed by atoms with Gasteiger partial charge in [-0.15, -0.1) is 0 Å². The quantitative estimate of drug-likeness (QED) is 0.769. The number of aldehydes is 1. The van der Waals surface area contributed by atoms with Gasteiger partial charge in [0.25, 0.3) is 0 Å². The predicted molar refractivity (Wildman–Crippen MR) is 59.3 cm³/mol. The van der Waals surface area contributed by atoms with E-state index in [1.54, 1.807) is 18.6 Å². The molecule has 2 rings (SSSR count). The first-order valence-electron chi connectivity index (χ1n) is 4.60. The molecule has 0 fully saturated rings. The van der Waals surface area contributed by atoms with Crippen molar-refractivity contribution in [3.63, 3.8) is 0 Å². The molecule has 0 atom stereocenters. The Bertz CT molecular complexity index is 472. The van der Waals surface area contributed by atoms with Gasteiger partial charge in [0.15, 0.2) is 0 Å². The number of aromatic nitrogens is 2. The number of rotatable bonds is 3. The van der Waals surface area contributed by atoms with Gasteiger partial charge >= 0.3 is 0 Å². The minimum atomic E-state index is 0.680. The zero-order chi connectivity index (χ0) is 10.5. The van der Waals surface area contributed by atoms with Crippen molar-refractivity contribution in [2.24, 2.45) is 0 Å². The summed E-state index contributed by atoms with van der Waals surface area (Å²) in [6.45, 7) is 0. The summed E-state index contributed by atoms with van der Waals surface area (Å²) < 4.78 is 0. The van der Waals surface area contributed by atoms with Crippen LogP contribution < -0.4 is 0 Å². The van der Waals surface area contributed by atoms with Crippen molar-refractivity contribution in [1.29, 1.82) is 0 Å². The molecule has 0 saturated heterocycles. The van der Waals surface area contributed by atoms with E-state index >= 15 is 0 Å². The normalized spacial score (nSPS) is 10.7. The SMILES string of the molecule is O=Cc1cccc(/C=C/c2c[nH]cn2)c1. The van der Waals surface area contributed by atoms with E-state index in [9.17, 15) is 4.79 Å². The monoisotopic (exact) mass is 198 g/mol. The molecule has 0 aliphatic heterocycles. The van der Waals surface area contributed by atoms with Gasteiger partial charge in [-0.25, -0.2) is 4.98 Å². The van der Waals surface area contributed by atoms with Crippen molar-refractivity contribution in [2.45, 2.75) is 0 Å². The van der Waals surface area contributed by atoms with E-state index in [4.69, 9.17) is 0 Å². The zero-order valence-corrected chi connectivity index (χ0v) is 8.05. The number of hydrogen-bond donors (Lipinski definition) is 1. The van der Waals surface area contributed by atoms with Crippen LogP contribution in [0.4, 0.5) is 0 Å². The highest BCUT2D eigenvalue weighted by atomic mass is 16.1. The minimum absolute atomic E-state index is 0.680. The summed E-state index contributed by atoms with van der Waals surface area (Å²) in [5.41, 5.74) is 2.54. The van der Waals surface area contributed by atoms with Crippen LogP contribution in [0.1, 0.15) is 21.6 Å². The van der Waals surface area contributed by atoms with Crippen LogP contribution in [0.15, 0.2) is 36.8 Å². The van der Waals surface area contributed by atoms with Gasteiger partial charge in [0.05, 0.1) is 12.0 Å². The van der Waals surface area contributed by atoms with Gasteiger partial charge < -0.3 is 4.98 Å². The fourth-order valence-electron chi connectivity index (χ4n) is 1.28. The number of imidazole rings is 1. The van der Waals surface area contributed by atoms with Crippen LogP contribution in [0.2, 0.25) is 0 Å². The third-order valence-electron chi connectivity index (χ3n) is 2.01. The Hall–Kier alpha value is -2.16. The maximum absolute atomic E-state index is 10.6. The molecule has 3 nitrogen and oxygen atoms in total. The molecule has 0 spiro atoms. The summed E-state index contributed by atoms with van der Waals surface area (Å²) in [5.74, 6) is 0. The van der Waals surface area contributed by atoms with E-state index in [2.05, 4.69) is 9.97 Å². The Morgan fingerprint density at radius 1 is 1.20 bits per heavy atom. The summed E-state index contributed by atoms with van der Waals surface area (Å²) >= 11 is 0. The molecular weight excluding hydrogens is 188 g/mol. The lowest BCUT2D eigenvalue weighted by atomic mass is 10.1. The van der Waals surface area contributed by atoms with Gasteiger partial charge in [-0.05, 0) is 17.7 Å². The summed E-state index contributed by atoms with van der Waals surface area (Å²) in [6, 6.07) is 7.40. The van der Waals surface area contributed by atoms with Gasteiger partial charge in [-0.2, -0.15) is 0 Å². The highest BCUT2D eigenvalue weighted by Gasteiger charge is 1.91. The van der Waals surface area contributed by atoms with Gasteiger partial charge in [0.2, 0.25) is 0 Å². The van der Waals surface area contributed by atoms with Crippen LogP contribution in [0, 0.1) is 0 Å². The first-order valence-corrected chi connectivity index (χ1v) is 4.60. The van der Waals surface area contributed by atoms with Crippen LogP contribution in [0.25, 0.3) is 12.2 Å². The van der Waals surface area contributed by atoms with E-state index < -0.39 is 0 Å². The first-order chi connectivity index (χ1) is 7.38. The lowest BCUT2D eigenvalue weighted by Crippen LogP contribution is -1.79. The zero-order valence-electron chi connectivity index (χ0n) is 8.05. The third kappa shape index (κ3) is 2.40. The molecule has 0 radical (unpaired) electrons. The van der Waals surface area contributed by atoms with Crippen molar-refractivity contribution in [3.8, 4) is 0 Å². The Labute approximate surface area is 87.5 Å². The average Bonchev–Trinajstić information content (AvgIpc) is 2.79. The number of carbonyl (C=O) groups is 1. The number of aromatic amines is 1. The average molecular weight is 198 g/mol. The topological polar surface area (TPSA) is 45.8 Å². The van der Waals surface area contributed by atoms with Gasteiger partial charge in [-0.3, -0.25) is 4.79 Å². The van der Waals surface area contributed by atoms with Crippen LogP contribution in [0.5, 0.6) is 0 Å². The number of hydrogen-bond acceptors (Lipinski definition) is 2. The molecule has 0 bridgehead atoms. The Balaban J connectivity index is 2.20. The Kier molecular flexibility index (Phi) is 2.74. The molecule has 74 valence electrons. The summed E-state index contributed by atoms with van der Waals surface area (Å²) in [4.78, 5) is 17.5. The molecule has 1 N–H and O–H groups in total. The number of carbonyl (C=O) groups excluding carboxylic acids is 1. The summed E-state index contributed by atoms with van der Waals surface area (Å²) in [5, 5.41) is 0. The Morgan fingerprint density at radius 2 is 2.07 bits per heavy atom. The summed E-state index contributed by atoms with van der Waals surface area (Å²) in [6.07, 6.45) is 8.08. The van der Waals surface area contributed by atoms with Gasteiger partial charge in [0, 0.05) is 11.8 Å².